The van der Waals surface area contributed by atoms with Crippen molar-refractivity contribution in [1.82, 2.24) is 0 Å². The molecule has 5 unspecified atom stereocenters. The summed E-state index contributed by atoms with van der Waals surface area (Å²) in [7, 11) is 0. The predicted molar refractivity (Wildman–Crippen MR) is 71.9 cm³/mol. The molecule has 0 spiro atoms. The van der Waals surface area contributed by atoms with Crippen LogP contribution in [-0.4, -0.2) is 59.1 Å². The molecule has 5 heteroatoms. The Hall–Kier alpha value is -0.200. The third kappa shape index (κ3) is 5.75. The van der Waals surface area contributed by atoms with Gasteiger partial charge in [-0.2, -0.15) is 0 Å². The normalized spacial score (nSPS) is 30.5. The van der Waals surface area contributed by atoms with Crippen molar-refractivity contribution in [2.45, 2.75) is 76.5 Å². The summed E-state index contributed by atoms with van der Waals surface area (Å²) in [4.78, 5) is 0. The molecule has 114 valence electrons. The first-order chi connectivity index (χ1) is 9.08. The molecule has 1 fully saturated rings. The second-order valence-corrected chi connectivity index (χ2v) is 5.39. The summed E-state index contributed by atoms with van der Waals surface area (Å²) in [5.41, 5.74) is 0. The smallest absolute Gasteiger partial charge is 0.100 e. The molecule has 0 aromatic rings. The third-order valence-electron chi connectivity index (χ3n) is 3.63. The highest BCUT2D eigenvalue weighted by Gasteiger charge is 2.36. The molecule has 5 atom stereocenters. The van der Waals surface area contributed by atoms with Crippen molar-refractivity contribution in [2.75, 3.05) is 13.2 Å². The summed E-state index contributed by atoms with van der Waals surface area (Å²) in [6.07, 6.45) is 3.17. The SMILES string of the molecule is CCCCCC1OC(C(C)OCC(O)CO)CC1O. The van der Waals surface area contributed by atoms with Crippen LogP contribution in [0.5, 0.6) is 0 Å². The molecule has 0 aromatic carbocycles. The van der Waals surface area contributed by atoms with Gasteiger partial charge in [-0.3, -0.25) is 0 Å². The van der Waals surface area contributed by atoms with E-state index >= 15 is 0 Å². The fourth-order valence-corrected chi connectivity index (χ4v) is 2.34. The lowest BCUT2D eigenvalue weighted by molar-refractivity contribution is -0.0902. The highest BCUT2D eigenvalue weighted by atomic mass is 16.6. The van der Waals surface area contributed by atoms with Crippen molar-refractivity contribution in [3.63, 3.8) is 0 Å². The van der Waals surface area contributed by atoms with Gasteiger partial charge < -0.3 is 24.8 Å². The van der Waals surface area contributed by atoms with Crippen LogP contribution >= 0.6 is 0 Å². The predicted octanol–water partition coefficient (Wildman–Crippen LogP) is 0.843. The maximum Gasteiger partial charge on any atom is 0.100 e. The molecule has 0 amide bonds. The highest BCUT2D eigenvalue weighted by Crippen LogP contribution is 2.27. The van der Waals surface area contributed by atoms with E-state index < -0.39 is 12.2 Å². The van der Waals surface area contributed by atoms with Gasteiger partial charge in [0.25, 0.3) is 0 Å². The average molecular weight is 276 g/mol. The first kappa shape index (κ1) is 16.9. The number of unbranched alkanes of at least 4 members (excludes halogenated alkanes) is 2. The fourth-order valence-electron chi connectivity index (χ4n) is 2.34. The minimum Gasteiger partial charge on any atom is -0.394 e. The summed E-state index contributed by atoms with van der Waals surface area (Å²) in [6.45, 7) is 3.81. The van der Waals surface area contributed by atoms with Crippen molar-refractivity contribution in [3.05, 3.63) is 0 Å². The van der Waals surface area contributed by atoms with E-state index in [1.54, 1.807) is 0 Å². The van der Waals surface area contributed by atoms with Crippen molar-refractivity contribution < 1.29 is 24.8 Å². The molecule has 1 heterocycles. The molecule has 0 aliphatic carbocycles. The van der Waals surface area contributed by atoms with Gasteiger partial charge in [-0.15, -0.1) is 0 Å². The Balaban J connectivity index is 2.28. The van der Waals surface area contributed by atoms with Gasteiger partial charge in [0, 0.05) is 6.42 Å². The van der Waals surface area contributed by atoms with Gasteiger partial charge in [0.2, 0.25) is 0 Å². The van der Waals surface area contributed by atoms with Crippen LogP contribution in [0, 0.1) is 0 Å². The van der Waals surface area contributed by atoms with Crippen LogP contribution in [-0.2, 0) is 9.47 Å². The molecule has 0 bridgehead atoms. The zero-order valence-corrected chi connectivity index (χ0v) is 12.0. The topological polar surface area (TPSA) is 79.2 Å². The Morgan fingerprint density at radius 3 is 2.74 bits per heavy atom. The maximum atomic E-state index is 9.96. The lowest BCUT2D eigenvalue weighted by atomic mass is 10.0. The van der Waals surface area contributed by atoms with Crippen molar-refractivity contribution >= 4 is 0 Å². The van der Waals surface area contributed by atoms with Gasteiger partial charge >= 0.3 is 0 Å². The van der Waals surface area contributed by atoms with Crippen LogP contribution in [0.2, 0.25) is 0 Å². The monoisotopic (exact) mass is 276 g/mol. The minimum absolute atomic E-state index is 0.0914. The van der Waals surface area contributed by atoms with E-state index in [0.717, 1.165) is 25.7 Å². The molecule has 0 saturated carbocycles. The van der Waals surface area contributed by atoms with Crippen LogP contribution in [0.4, 0.5) is 0 Å². The number of hydrogen-bond donors (Lipinski definition) is 3. The zero-order chi connectivity index (χ0) is 14.3. The number of rotatable bonds is 9. The quantitative estimate of drug-likeness (QED) is 0.544. The Labute approximate surface area is 115 Å². The average Bonchev–Trinajstić information content (AvgIpc) is 2.77. The van der Waals surface area contributed by atoms with Gasteiger partial charge in [0.15, 0.2) is 0 Å². The van der Waals surface area contributed by atoms with Crippen LogP contribution in [0.15, 0.2) is 0 Å². The molecule has 1 saturated heterocycles. The number of ether oxygens (including phenoxy) is 2. The zero-order valence-electron chi connectivity index (χ0n) is 12.0. The summed E-state index contributed by atoms with van der Waals surface area (Å²) < 4.78 is 11.3. The van der Waals surface area contributed by atoms with Crippen molar-refractivity contribution in [2.24, 2.45) is 0 Å². The third-order valence-corrected chi connectivity index (χ3v) is 3.63. The maximum absolute atomic E-state index is 9.96. The van der Waals surface area contributed by atoms with E-state index in [1.165, 1.54) is 0 Å². The number of aliphatic hydroxyl groups is 3. The first-order valence-corrected chi connectivity index (χ1v) is 7.32. The molecule has 0 radical (unpaired) electrons. The molecular formula is C14H28O5. The summed E-state index contributed by atoms with van der Waals surface area (Å²) in [6, 6.07) is 0. The van der Waals surface area contributed by atoms with Crippen molar-refractivity contribution in [1.29, 1.82) is 0 Å². The van der Waals surface area contributed by atoms with E-state index in [2.05, 4.69) is 6.92 Å². The Morgan fingerprint density at radius 1 is 1.37 bits per heavy atom. The van der Waals surface area contributed by atoms with Crippen LogP contribution in [0.3, 0.4) is 0 Å². The molecule has 0 aromatic heterocycles. The second-order valence-electron chi connectivity index (χ2n) is 5.39. The Bertz CT molecular complexity index is 236. The highest BCUT2D eigenvalue weighted by molar-refractivity contribution is 4.85. The standard InChI is InChI=1S/C14H28O5/c1-3-4-5-6-13-12(17)7-14(19-13)10(2)18-9-11(16)8-15/h10-17H,3-9H2,1-2H3. The number of hydrogen-bond acceptors (Lipinski definition) is 5. The van der Waals surface area contributed by atoms with E-state index in [-0.39, 0.29) is 31.5 Å². The lowest BCUT2D eigenvalue weighted by Gasteiger charge is -2.21. The largest absolute Gasteiger partial charge is 0.394 e. The molecule has 19 heavy (non-hydrogen) atoms. The molecule has 1 rings (SSSR count). The minimum atomic E-state index is -0.853. The van der Waals surface area contributed by atoms with E-state index in [9.17, 15) is 10.2 Å². The van der Waals surface area contributed by atoms with Gasteiger partial charge in [0.1, 0.15) is 6.10 Å². The molecule has 1 aliphatic heterocycles. The van der Waals surface area contributed by atoms with Gasteiger partial charge in [0.05, 0.1) is 37.6 Å². The fraction of sp³-hybridized carbons (Fsp3) is 1.00. The Morgan fingerprint density at radius 2 is 2.11 bits per heavy atom. The molecular weight excluding hydrogens is 248 g/mol. The number of aliphatic hydroxyl groups excluding tert-OH is 3. The van der Waals surface area contributed by atoms with E-state index in [0.29, 0.717) is 6.42 Å². The van der Waals surface area contributed by atoms with Crippen LogP contribution in [0.25, 0.3) is 0 Å². The van der Waals surface area contributed by atoms with Gasteiger partial charge in [-0.25, -0.2) is 0 Å². The molecule has 1 aliphatic rings. The van der Waals surface area contributed by atoms with Crippen LogP contribution in [0.1, 0.15) is 46.0 Å². The van der Waals surface area contributed by atoms with Crippen molar-refractivity contribution in [3.8, 4) is 0 Å². The summed E-state index contributed by atoms with van der Waals surface area (Å²) >= 11 is 0. The second kappa shape index (κ2) is 8.87. The summed E-state index contributed by atoms with van der Waals surface area (Å²) in [5, 5.41) is 27.9. The summed E-state index contributed by atoms with van der Waals surface area (Å²) in [5.74, 6) is 0. The van der Waals surface area contributed by atoms with Crippen LogP contribution < -0.4 is 0 Å². The lowest BCUT2D eigenvalue weighted by Crippen LogP contribution is -2.31. The molecule has 3 N–H and O–H groups in total. The van der Waals surface area contributed by atoms with Gasteiger partial charge in [-0.05, 0) is 13.3 Å². The van der Waals surface area contributed by atoms with E-state index in [4.69, 9.17) is 14.6 Å². The van der Waals surface area contributed by atoms with Gasteiger partial charge in [-0.1, -0.05) is 26.2 Å². The Kier molecular flexibility index (Phi) is 7.87. The van der Waals surface area contributed by atoms with E-state index in [1.807, 2.05) is 6.92 Å². The molecule has 5 nitrogen and oxygen atoms in total. The first-order valence-electron chi connectivity index (χ1n) is 7.32.